The number of rotatable bonds is 5. The summed E-state index contributed by atoms with van der Waals surface area (Å²) in [4.78, 5) is 18.5. The molecule has 2 rings (SSSR count). The van der Waals surface area contributed by atoms with Gasteiger partial charge in [0, 0.05) is 32.1 Å². The van der Waals surface area contributed by atoms with Crippen LogP contribution in [0, 0.1) is 19.8 Å². The number of nitrogens with two attached hydrogens (primary N) is 1. The van der Waals surface area contributed by atoms with Crippen molar-refractivity contribution in [3.05, 3.63) is 11.6 Å². The van der Waals surface area contributed by atoms with Gasteiger partial charge in [0.05, 0.1) is 0 Å². The van der Waals surface area contributed by atoms with E-state index < -0.39 is 0 Å². The lowest BCUT2D eigenvalue weighted by Gasteiger charge is -2.33. The van der Waals surface area contributed by atoms with Gasteiger partial charge in [0.1, 0.15) is 11.6 Å². The number of carbonyl (C=O) groups is 1. The van der Waals surface area contributed by atoms with E-state index in [1.165, 1.54) is 0 Å². The van der Waals surface area contributed by atoms with Crippen molar-refractivity contribution in [3.63, 3.8) is 0 Å². The minimum atomic E-state index is 0.0929. The second-order valence-corrected chi connectivity index (χ2v) is 6.25. The lowest BCUT2D eigenvalue weighted by atomic mass is 9.97. The number of carbonyl (C=O) groups excluding carboxylic acids is 1. The van der Waals surface area contributed by atoms with Gasteiger partial charge in [-0.2, -0.15) is 5.10 Å². The summed E-state index contributed by atoms with van der Waals surface area (Å²) in [6.07, 6.45) is 3.55. The molecule has 0 bridgehead atoms. The van der Waals surface area contributed by atoms with Crippen molar-refractivity contribution in [1.29, 1.82) is 0 Å². The van der Waals surface area contributed by atoms with Gasteiger partial charge in [0.2, 0.25) is 5.91 Å². The van der Waals surface area contributed by atoms with E-state index in [2.05, 4.69) is 10.1 Å². The van der Waals surface area contributed by atoms with Crippen molar-refractivity contribution in [2.75, 3.05) is 13.1 Å². The van der Waals surface area contributed by atoms with Crippen LogP contribution >= 0.6 is 0 Å². The third-order valence-corrected chi connectivity index (χ3v) is 4.08. The van der Waals surface area contributed by atoms with Crippen LogP contribution in [-0.4, -0.2) is 44.7 Å². The topological polar surface area (TPSA) is 77.0 Å². The van der Waals surface area contributed by atoms with Crippen LogP contribution in [0.5, 0.6) is 0 Å². The molecule has 2 atom stereocenters. The summed E-state index contributed by atoms with van der Waals surface area (Å²) in [5, 5.41) is 4.42. The predicted molar refractivity (Wildman–Crippen MR) is 81.7 cm³/mol. The average Bonchev–Trinajstić information content (AvgIpc) is 2.74. The maximum Gasteiger partial charge on any atom is 0.222 e. The Labute approximate surface area is 126 Å². The highest BCUT2D eigenvalue weighted by atomic mass is 16.2. The lowest BCUT2D eigenvalue weighted by molar-refractivity contribution is -0.133. The molecule has 0 aromatic carbocycles. The predicted octanol–water partition coefficient (Wildman–Crippen LogP) is 1.26. The van der Waals surface area contributed by atoms with Crippen LogP contribution < -0.4 is 5.73 Å². The van der Waals surface area contributed by atoms with Crippen LogP contribution in [0.1, 0.15) is 44.3 Å². The SMILES string of the molecule is Cc1nc(C)n(CC2CCCN(C(=O)CCC(C)N)C2)n1. The van der Waals surface area contributed by atoms with Gasteiger partial charge in [-0.1, -0.05) is 0 Å². The maximum atomic E-state index is 12.2. The Balaban J connectivity index is 1.88. The number of nitrogens with zero attached hydrogens (tertiary/aromatic N) is 4. The molecule has 6 heteroatoms. The number of hydrogen-bond donors (Lipinski definition) is 1. The largest absolute Gasteiger partial charge is 0.342 e. The molecule has 118 valence electrons. The van der Waals surface area contributed by atoms with Crippen LogP contribution in [0.15, 0.2) is 0 Å². The molecule has 21 heavy (non-hydrogen) atoms. The molecule has 1 aliphatic heterocycles. The monoisotopic (exact) mass is 293 g/mol. The van der Waals surface area contributed by atoms with E-state index >= 15 is 0 Å². The fourth-order valence-corrected chi connectivity index (χ4v) is 2.93. The number of hydrogen-bond acceptors (Lipinski definition) is 4. The van der Waals surface area contributed by atoms with Crippen LogP contribution in [0.2, 0.25) is 0 Å². The Morgan fingerprint density at radius 1 is 1.48 bits per heavy atom. The zero-order chi connectivity index (χ0) is 15.4. The van der Waals surface area contributed by atoms with Gasteiger partial charge < -0.3 is 10.6 Å². The number of aromatic nitrogens is 3. The van der Waals surface area contributed by atoms with Gasteiger partial charge in [-0.15, -0.1) is 0 Å². The lowest BCUT2D eigenvalue weighted by Crippen LogP contribution is -2.41. The van der Waals surface area contributed by atoms with Gasteiger partial charge >= 0.3 is 0 Å². The highest BCUT2D eigenvalue weighted by Crippen LogP contribution is 2.19. The number of likely N-dealkylation sites (tertiary alicyclic amines) is 1. The van der Waals surface area contributed by atoms with Crippen LogP contribution in [-0.2, 0) is 11.3 Å². The van der Waals surface area contributed by atoms with Crippen molar-refractivity contribution in [1.82, 2.24) is 19.7 Å². The Hall–Kier alpha value is -1.43. The molecular weight excluding hydrogens is 266 g/mol. The van der Waals surface area contributed by atoms with Crippen molar-refractivity contribution < 1.29 is 4.79 Å². The summed E-state index contributed by atoms with van der Waals surface area (Å²) >= 11 is 0. The molecule has 2 N–H and O–H groups in total. The Morgan fingerprint density at radius 3 is 2.86 bits per heavy atom. The second-order valence-electron chi connectivity index (χ2n) is 6.25. The summed E-state index contributed by atoms with van der Waals surface area (Å²) in [5.74, 6) is 2.47. The van der Waals surface area contributed by atoms with Crippen molar-refractivity contribution in [2.24, 2.45) is 11.7 Å². The van der Waals surface area contributed by atoms with Crippen molar-refractivity contribution in [3.8, 4) is 0 Å². The quantitative estimate of drug-likeness (QED) is 0.886. The van der Waals surface area contributed by atoms with Crippen molar-refractivity contribution >= 4 is 5.91 Å². The average molecular weight is 293 g/mol. The Bertz CT molecular complexity index is 482. The van der Waals surface area contributed by atoms with Gasteiger partial charge in [-0.3, -0.25) is 4.79 Å². The summed E-state index contributed by atoms with van der Waals surface area (Å²) in [6, 6.07) is 0.0929. The van der Waals surface area contributed by atoms with Crippen molar-refractivity contribution in [2.45, 2.75) is 59.0 Å². The minimum absolute atomic E-state index is 0.0929. The first-order valence-corrected chi connectivity index (χ1v) is 7.87. The van der Waals surface area contributed by atoms with E-state index in [1.54, 1.807) is 0 Å². The number of amides is 1. The molecule has 0 radical (unpaired) electrons. The molecule has 2 heterocycles. The van der Waals surface area contributed by atoms with E-state index in [4.69, 9.17) is 5.73 Å². The number of aryl methyl sites for hydroxylation is 2. The fraction of sp³-hybridized carbons (Fsp3) is 0.800. The summed E-state index contributed by atoms with van der Waals surface area (Å²) in [6.45, 7) is 8.40. The highest BCUT2D eigenvalue weighted by molar-refractivity contribution is 5.76. The van der Waals surface area contributed by atoms with E-state index in [9.17, 15) is 4.79 Å². The van der Waals surface area contributed by atoms with E-state index in [0.717, 1.165) is 50.5 Å². The molecule has 6 nitrogen and oxygen atoms in total. The molecule has 1 aliphatic rings. The van der Waals surface area contributed by atoms with Crippen LogP contribution in [0.3, 0.4) is 0 Å². The molecule has 1 aromatic rings. The summed E-state index contributed by atoms with van der Waals surface area (Å²) in [5.41, 5.74) is 5.73. The molecule has 1 fully saturated rings. The Morgan fingerprint density at radius 2 is 2.24 bits per heavy atom. The first kappa shape index (κ1) is 15.9. The molecular formula is C15H27N5O. The first-order valence-electron chi connectivity index (χ1n) is 7.87. The fourth-order valence-electron chi connectivity index (χ4n) is 2.93. The highest BCUT2D eigenvalue weighted by Gasteiger charge is 2.24. The minimum Gasteiger partial charge on any atom is -0.342 e. The van der Waals surface area contributed by atoms with E-state index in [0.29, 0.717) is 12.3 Å². The van der Waals surface area contributed by atoms with E-state index in [-0.39, 0.29) is 11.9 Å². The van der Waals surface area contributed by atoms with Gasteiger partial charge in [-0.05, 0) is 46.0 Å². The molecule has 0 saturated carbocycles. The molecule has 0 aliphatic carbocycles. The third-order valence-electron chi connectivity index (χ3n) is 4.08. The van der Waals surface area contributed by atoms with Crippen LogP contribution in [0.25, 0.3) is 0 Å². The molecule has 0 spiro atoms. The summed E-state index contributed by atoms with van der Waals surface area (Å²) < 4.78 is 1.97. The zero-order valence-electron chi connectivity index (χ0n) is 13.4. The Kier molecular flexibility index (Phi) is 5.33. The molecule has 1 amide bonds. The molecule has 2 unspecified atom stereocenters. The third kappa shape index (κ3) is 4.52. The van der Waals surface area contributed by atoms with Gasteiger partial charge in [0.25, 0.3) is 0 Å². The molecule has 1 saturated heterocycles. The smallest absolute Gasteiger partial charge is 0.222 e. The second kappa shape index (κ2) is 7.02. The van der Waals surface area contributed by atoms with Gasteiger partial charge in [-0.25, -0.2) is 9.67 Å². The first-order chi connectivity index (χ1) is 9.95. The maximum absolute atomic E-state index is 12.2. The molecule has 1 aromatic heterocycles. The normalized spacial score (nSPS) is 20.6. The van der Waals surface area contributed by atoms with Gasteiger partial charge in [0.15, 0.2) is 0 Å². The standard InChI is InChI=1S/C15H27N5O/c1-11(16)6-7-15(21)19-8-4-5-14(9-19)10-20-13(3)17-12(2)18-20/h11,14H,4-10,16H2,1-3H3. The zero-order valence-corrected chi connectivity index (χ0v) is 13.4. The summed E-state index contributed by atoms with van der Waals surface area (Å²) in [7, 11) is 0. The number of piperidine rings is 1. The van der Waals surface area contributed by atoms with E-state index in [1.807, 2.05) is 30.4 Å². The van der Waals surface area contributed by atoms with Crippen LogP contribution in [0.4, 0.5) is 0 Å².